The Morgan fingerprint density at radius 3 is 2.56 bits per heavy atom. The van der Waals surface area contributed by atoms with E-state index in [1.165, 1.54) is 11.6 Å². The van der Waals surface area contributed by atoms with Crippen molar-refractivity contribution in [3.05, 3.63) is 57.4 Å². The zero-order valence-electron chi connectivity index (χ0n) is 10.0. The molecular formula is C14H14FIN2. The molecule has 0 aromatic heterocycles. The van der Waals surface area contributed by atoms with Crippen molar-refractivity contribution < 1.29 is 4.39 Å². The van der Waals surface area contributed by atoms with Gasteiger partial charge in [0.15, 0.2) is 0 Å². The van der Waals surface area contributed by atoms with Gasteiger partial charge >= 0.3 is 0 Å². The fourth-order valence-corrected chi connectivity index (χ4v) is 2.32. The number of anilines is 2. The van der Waals surface area contributed by atoms with Crippen molar-refractivity contribution in [3.63, 3.8) is 0 Å². The highest BCUT2D eigenvalue weighted by Gasteiger charge is 2.10. The number of benzene rings is 2. The molecule has 0 aliphatic carbocycles. The third-order valence-electron chi connectivity index (χ3n) is 2.74. The smallest absolute Gasteiger partial charge is 0.138 e. The van der Waals surface area contributed by atoms with Crippen LogP contribution in [-0.4, -0.2) is 7.05 Å². The quantitative estimate of drug-likeness (QED) is 0.672. The lowest BCUT2D eigenvalue weighted by Crippen LogP contribution is -2.18. The summed E-state index contributed by atoms with van der Waals surface area (Å²) in [5.74, 6) is -0.236. The fraction of sp³-hybridized carbons (Fsp3) is 0.143. The summed E-state index contributed by atoms with van der Waals surface area (Å²) >= 11 is 1.94. The van der Waals surface area contributed by atoms with Gasteiger partial charge in [-0.05, 0) is 34.2 Å². The molecule has 0 fully saturated rings. The van der Waals surface area contributed by atoms with Gasteiger partial charge in [-0.25, -0.2) is 4.39 Å². The summed E-state index contributed by atoms with van der Waals surface area (Å²) < 4.78 is 14.1. The van der Waals surface area contributed by atoms with Gasteiger partial charge in [0.1, 0.15) is 5.82 Å². The predicted molar refractivity (Wildman–Crippen MR) is 82.1 cm³/mol. The van der Waals surface area contributed by atoms with E-state index in [0.29, 0.717) is 15.8 Å². The molecule has 2 aromatic carbocycles. The minimum Gasteiger partial charge on any atom is -0.397 e. The van der Waals surface area contributed by atoms with Crippen LogP contribution in [0.15, 0.2) is 42.5 Å². The summed E-state index contributed by atoms with van der Waals surface area (Å²) in [4.78, 5) is 1.95. The van der Waals surface area contributed by atoms with E-state index in [4.69, 9.17) is 5.73 Å². The van der Waals surface area contributed by atoms with Crippen LogP contribution in [0.4, 0.5) is 15.8 Å². The Hall–Kier alpha value is -1.30. The third kappa shape index (κ3) is 2.93. The summed E-state index contributed by atoms with van der Waals surface area (Å²) in [5.41, 5.74) is 8.41. The van der Waals surface area contributed by atoms with E-state index in [9.17, 15) is 4.39 Å². The van der Waals surface area contributed by atoms with Crippen molar-refractivity contribution in [1.82, 2.24) is 0 Å². The van der Waals surface area contributed by atoms with E-state index in [1.807, 2.05) is 64.9 Å². The van der Waals surface area contributed by atoms with Crippen molar-refractivity contribution in [3.8, 4) is 0 Å². The predicted octanol–water partition coefficient (Wildman–Crippen LogP) is 3.65. The van der Waals surface area contributed by atoms with Crippen LogP contribution < -0.4 is 10.6 Å². The lowest BCUT2D eigenvalue weighted by Gasteiger charge is -2.21. The van der Waals surface area contributed by atoms with Gasteiger partial charge in [-0.1, -0.05) is 30.3 Å². The van der Waals surface area contributed by atoms with Gasteiger partial charge in [-0.3, -0.25) is 0 Å². The van der Waals surface area contributed by atoms with Gasteiger partial charge in [-0.15, -0.1) is 0 Å². The maximum Gasteiger partial charge on any atom is 0.138 e. The van der Waals surface area contributed by atoms with Crippen LogP contribution in [0.1, 0.15) is 5.56 Å². The van der Waals surface area contributed by atoms with Gasteiger partial charge in [0.2, 0.25) is 0 Å². The molecule has 0 atom stereocenters. The van der Waals surface area contributed by atoms with Crippen LogP contribution in [0.3, 0.4) is 0 Å². The summed E-state index contributed by atoms with van der Waals surface area (Å²) in [5, 5.41) is 0. The first-order valence-corrected chi connectivity index (χ1v) is 6.65. The molecule has 2 rings (SSSR count). The lowest BCUT2D eigenvalue weighted by atomic mass is 10.2. The number of hydrogen-bond donors (Lipinski definition) is 1. The van der Waals surface area contributed by atoms with E-state index in [-0.39, 0.29) is 5.82 Å². The first-order chi connectivity index (χ1) is 8.58. The number of halogens is 2. The van der Waals surface area contributed by atoms with Crippen molar-refractivity contribution in [1.29, 1.82) is 0 Å². The average Bonchev–Trinajstić information content (AvgIpc) is 2.35. The Kier molecular flexibility index (Phi) is 4.06. The molecule has 0 spiro atoms. The Bertz CT molecular complexity index is 543. The second kappa shape index (κ2) is 5.56. The van der Waals surface area contributed by atoms with Crippen molar-refractivity contribution >= 4 is 34.0 Å². The molecule has 4 heteroatoms. The minimum atomic E-state index is -0.236. The Balaban J connectivity index is 2.24. The second-order valence-electron chi connectivity index (χ2n) is 4.17. The molecule has 2 aromatic rings. The average molecular weight is 356 g/mol. The van der Waals surface area contributed by atoms with Gasteiger partial charge in [0.25, 0.3) is 0 Å². The second-order valence-corrected chi connectivity index (χ2v) is 5.33. The summed E-state index contributed by atoms with van der Waals surface area (Å²) in [6.07, 6.45) is 0. The molecular weight excluding hydrogens is 342 g/mol. The molecule has 0 unspecified atom stereocenters. The molecule has 18 heavy (non-hydrogen) atoms. The first kappa shape index (κ1) is 13.1. The Morgan fingerprint density at radius 1 is 1.22 bits per heavy atom. The Morgan fingerprint density at radius 2 is 1.89 bits per heavy atom. The molecule has 0 bridgehead atoms. The largest absolute Gasteiger partial charge is 0.397 e. The number of hydrogen-bond acceptors (Lipinski definition) is 2. The normalized spacial score (nSPS) is 10.4. The van der Waals surface area contributed by atoms with Crippen LogP contribution in [0.25, 0.3) is 0 Å². The molecule has 94 valence electrons. The molecule has 0 saturated heterocycles. The summed E-state index contributed by atoms with van der Waals surface area (Å²) in [7, 11) is 1.91. The zero-order valence-corrected chi connectivity index (χ0v) is 12.2. The SMILES string of the molecule is CN(Cc1ccccc1)c1cc(F)c(I)cc1N. The molecule has 0 heterocycles. The van der Waals surface area contributed by atoms with E-state index in [2.05, 4.69) is 0 Å². The highest BCUT2D eigenvalue weighted by molar-refractivity contribution is 14.1. The van der Waals surface area contributed by atoms with Crippen LogP contribution in [0, 0.1) is 9.39 Å². The van der Waals surface area contributed by atoms with Crippen LogP contribution >= 0.6 is 22.6 Å². The molecule has 0 saturated carbocycles. The highest BCUT2D eigenvalue weighted by atomic mass is 127. The number of nitrogen functional groups attached to an aromatic ring is 1. The fourth-order valence-electron chi connectivity index (χ4n) is 1.82. The third-order valence-corrected chi connectivity index (χ3v) is 3.57. The number of nitrogens with zero attached hydrogens (tertiary/aromatic N) is 1. The number of nitrogens with two attached hydrogens (primary N) is 1. The summed E-state index contributed by atoms with van der Waals surface area (Å²) in [6.45, 7) is 0.699. The molecule has 0 aliphatic rings. The van der Waals surface area contributed by atoms with E-state index < -0.39 is 0 Å². The maximum atomic E-state index is 13.6. The van der Waals surface area contributed by atoms with Gasteiger partial charge in [0.05, 0.1) is 14.9 Å². The zero-order chi connectivity index (χ0) is 13.1. The molecule has 0 radical (unpaired) electrons. The van der Waals surface area contributed by atoms with Crippen LogP contribution in [0.5, 0.6) is 0 Å². The van der Waals surface area contributed by atoms with Gasteiger partial charge in [-0.2, -0.15) is 0 Å². The lowest BCUT2D eigenvalue weighted by molar-refractivity contribution is 0.620. The van der Waals surface area contributed by atoms with Crippen molar-refractivity contribution in [2.24, 2.45) is 0 Å². The standard InChI is InChI=1S/C14H14FIN2/c1-18(9-10-5-3-2-4-6-10)14-7-11(15)12(16)8-13(14)17/h2-8H,9,17H2,1H3. The van der Waals surface area contributed by atoms with Crippen LogP contribution in [-0.2, 0) is 6.54 Å². The number of rotatable bonds is 3. The van der Waals surface area contributed by atoms with E-state index in [1.54, 1.807) is 6.07 Å². The Labute approximate surface area is 120 Å². The van der Waals surface area contributed by atoms with Crippen molar-refractivity contribution in [2.45, 2.75) is 6.54 Å². The monoisotopic (exact) mass is 356 g/mol. The maximum absolute atomic E-state index is 13.6. The highest BCUT2D eigenvalue weighted by Crippen LogP contribution is 2.27. The van der Waals surface area contributed by atoms with E-state index in [0.717, 1.165) is 5.69 Å². The van der Waals surface area contributed by atoms with Crippen LogP contribution in [0.2, 0.25) is 0 Å². The summed E-state index contributed by atoms with van der Waals surface area (Å²) in [6, 6.07) is 13.2. The van der Waals surface area contributed by atoms with Crippen molar-refractivity contribution in [2.75, 3.05) is 17.7 Å². The van der Waals surface area contributed by atoms with Gasteiger partial charge in [0, 0.05) is 19.7 Å². The van der Waals surface area contributed by atoms with E-state index >= 15 is 0 Å². The molecule has 2 nitrogen and oxygen atoms in total. The minimum absolute atomic E-state index is 0.236. The topological polar surface area (TPSA) is 29.3 Å². The first-order valence-electron chi connectivity index (χ1n) is 5.57. The molecule has 2 N–H and O–H groups in total. The molecule has 0 aliphatic heterocycles. The molecule has 0 amide bonds. The van der Waals surface area contributed by atoms with Gasteiger partial charge < -0.3 is 10.6 Å².